The van der Waals surface area contributed by atoms with Crippen molar-refractivity contribution in [3.63, 3.8) is 0 Å². The maximum absolute atomic E-state index is 11.9. The molecule has 1 fully saturated rings. The van der Waals surface area contributed by atoms with Crippen LogP contribution in [0.5, 0.6) is 0 Å². The summed E-state index contributed by atoms with van der Waals surface area (Å²) >= 11 is 1.21. The zero-order valence-electron chi connectivity index (χ0n) is 9.92. The number of sulfonamides is 1. The molecule has 0 unspecified atom stereocenters. The molecule has 1 atom stereocenters. The van der Waals surface area contributed by atoms with E-state index < -0.39 is 19.9 Å². The molecule has 1 aliphatic heterocycles. The van der Waals surface area contributed by atoms with E-state index in [1.54, 1.807) is 12.1 Å². The predicted octanol–water partition coefficient (Wildman–Crippen LogP) is 0.770. The van der Waals surface area contributed by atoms with Crippen LogP contribution in [-0.4, -0.2) is 34.9 Å². The van der Waals surface area contributed by atoms with Crippen LogP contribution in [0.25, 0.3) is 0 Å². The van der Waals surface area contributed by atoms with Gasteiger partial charge < -0.3 is 0 Å². The van der Waals surface area contributed by atoms with E-state index in [0.717, 1.165) is 4.88 Å². The number of hydrogen-bond donors (Lipinski definition) is 1. The van der Waals surface area contributed by atoms with Gasteiger partial charge in [0, 0.05) is 11.4 Å². The Bertz CT molecular complexity index is 630. The molecule has 0 bridgehead atoms. The Morgan fingerprint density at radius 2 is 2.17 bits per heavy atom. The van der Waals surface area contributed by atoms with E-state index in [2.05, 4.69) is 4.72 Å². The van der Waals surface area contributed by atoms with E-state index in [1.165, 1.54) is 11.3 Å². The van der Waals surface area contributed by atoms with Gasteiger partial charge in [0.05, 0.1) is 11.5 Å². The van der Waals surface area contributed by atoms with E-state index in [-0.39, 0.29) is 28.2 Å². The number of hydrogen-bond acceptors (Lipinski definition) is 5. The van der Waals surface area contributed by atoms with Crippen molar-refractivity contribution >= 4 is 31.2 Å². The molecule has 0 aromatic carbocycles. The highest BCUT2D eigenvalue weighted by atomic mass is 32.2. The van der Waals surface area contributed by atoms with Gasteiger partial charge >= 0.3 is 0 Å². The van der Waals surface area contributed by atoms with Crippen LogP contribution in [0.15, 0.2) is 16.3 Å². The highest BCUT2D eigenvalue weighted by molar-refractivity contribution is 7.92. The SMILES string of the molecule is Cc1ccc(S(=O)(=O)NC[C@H]2CCS(=O)(=O)C2)s1. The molecule has 0 saturated carbocycles. The van der Waals surface area contributed by atoms with Gasteiger partial charge in [-0.05, 0) is 31.4 Å². The highest BCUT2D eigenvalue weighted by Gasteiger charge is 2.29. The van der Waals surface area contributed by atoms with Crippen LogP contribution in [0.3, 0.4) is 0 Å². The van der Waals surface area contributed by atoms with Gasteiger partial charge in [0.2, 0.25) is 10.0 Å². The molecule has 1 N–H and O–H groups in total. The summed E-state index contributed by atoms with van der Waals surface area (Å²) in [7, 11) is -6.45. The third-order valence-electron chi connectivity index (χ3n) is 2.87. The summed E-state index contributed by atoms with van der Waals surface area (Å²) in [5.41, 5.74) is 0. The van der Waals surface area contributed by atoms with Crippen molar-refractivity contribution in [1.82, 2.24) is 4.72 Å². The second-order valence-corrected chi connectivity index (χ2v) is 10.00. The summed E-state index contributed by atoms with van der Waals surface area (Å²) in [5, 5.41) is 0. The molecule has 0 aliphatic carbocycles. The van der Waals surface area contributed by atoms with E-state index in [1.807, 2.05) is 6.92 Å². The quantitative estimate of drug-likeness (QED) is 0.891. The fourth-order valence-corrected chi connectivity index (χ4v) is 6.19. The lowest BCUT2D eigenvalue weighted by Crippen LogP contribution is -2.29. The van der Waals surface area contributed by atoms with Crippen LogP contribution in [0.4, 0.5) is 0 Å². The molecule has 18 heavy (non-hydrogen) atoms. The molecule has 1 saturated heterocycles. The topological polar surface area (TPSA) is 80.3 Å². The molecule has 2 rings (SSSR count). The van der Waals surface area contributed by atoms with Gasteiger partial charge in [0.15, 0.2) is 9.84 Å². The Morgan fingerprint density at radius 1 is 1.44 bits per heavy atom. The van der Waals surface area contributed by atoms with Gasteiger partial charge in [-0.3, -0.25) is 0 Å². The van der Waals surface area contributed by atoms with Crippen LogP contribution >= 0.6 is 11.3 Å². The van der Waals surface area contributed by atoms with E-state index in [9.17, 15) is 16.8 Å². The van der Waals surface area contributed by atoms with Crippen molar-refractivity contribution in [2.24, 2.45) is 5.92 Å². The van der Waals surface area contributed by atoms with Gasteiger partial charge in [-0.1, -0.05) is 0 Å². The average Bonchev–Trinajstić information content (AvgIpc) is 2.82. The molecule has 8 heteroatoms. The third kappa shape index (κ3) is 3.31. The summed E-state index contributed by atoms with van der Waals surface area (Å²) < 4.78 is 49.1. The Balaban J connectivity index is 1.98. The number of aryl methyl sites for hydroxylation is 1. The van der Waals surface area contributed by atoms with Crippen LogP contribution in [0.1, 0.15) is 11.3 Å². The average molecular weight is 309 g/mol. The van der Waals surface area contributed by atoms with Gasteiger partial charge in [-0.15, -0.1) is 11.3 Å². The summed E-state index contributed by atoms with van der Waals surface area (Å²) in [4.78, 5) is 0.929. The standard InChI is InChI=1S/C10H15NO4S3/c1-8-2-3-10(16-8)18(14,15)11-6-9-4-5-17(12,13)7-9/h2-3,9,11H,4-7H2,1H3/t9-/m1/s1. The van der Waals surface area contributed by atoms with Gasteiger partial charge in [-0.2, -0.15) is 0 Å². The maximum Gasteiger partial charge on any atom is 0.250 e. The third-order valence-corrected chi connectivity index (χ3v) is 7.62. The molecule has 0 amide bonds. The minimum absolute atomic E-state index is 0.0823. The minimum Gasteiger partial charge on any atom is -0.229 e. The van der Waals surface area contributed by atoms with Crippen molar-refractivity contribution in [2.75, 3.05) is 18.1 Å². The van der Waals surface area contributed by atoms with Gasteiger partial charge in [0.1, 0.15) is 4.21 Å². The molecule has 1 aromatic heterocycles. The van der Waals surface area contributed by atoms with Crippen molar-refractivity contribution in [3.8, 4) is 0 Å². The van der Waals surface area contributed by atoms with Crippen molar-refractivity contribution in [1.29, 1.82) is 0 Å². The largest absolute Gasteiger partial charge is 0.250 e. The Morgan fingerprint density at radius 3 is 2.67 bits per heavy atom. The van der Waals surface area contributed by atoms with Crippen molar-refractivity contribution in [3.05, 3.63) is 17.0 Å². The molecule has 1 aliphatic rings. The second-order valence-electron chi connectivity index (χ2n) is 4.49. The molecule has 102 valence electrons. The molecule has 0 spiro atoms. The summed E-state index contributed by atoms with van der Waals surface area (Å²) in [6.07, 6.45) is 0.536. The number of rotatable bonds is 4. The lowest BCUT2D eigenvalue weighted by Gasteiger charge is -2.08. The number of thiophene rings is 1. The smallest absolute Gasteiger partial charge is 0.229 e. The fourth-order valence-electron chi connectivity index (χ4n) is 1.89. The monoisotopic (exact) mass is 309 g/mol. The Hall–Kier alpha value is -0.440. The Kier molecular flexibility index (Phi) is 3.82. The number of sulfone groups is 1. The Labute approximate surface area is 111 Å². The van der Waals surface area contributed by atoms with Crippen molar-refractivity contribution in [2.45, 2.75) is 17.6 Å². The van der Waals surface area contributed by atoms with E-state index in [0.29, 0.717) is 6.42 Å². The van der Waals surface area contributed by atoms with Gasteiger partial charge in [-0.25, -0.2) is 21.6 Å². The van der Waals surface area contributed by atoms with Crippen LogP contribution in [0.2, 0.25) is 0 Å². The zero-order chi connectivity index (χ0) is 13.4. The van der Waals surface area contributed by atoms with Crippen LogP contribution in [-0.2, 0) is 19.9 Å². The molecular weight excluding hydrogens is 294 g/mol. The predicted molar refractivity (Wildman–Crippen MR) is 71.0 cm³/mol. The minimum atomic E-state index is -3.49. The van der Waals surface area contributed by atoms with E-state index >= 15 is 0 Å². The highest BCUT2D eigenvalue weighted by Crippen LogP contribution is 2.22. The maximum atomic E-state index is 11.9. The lowest BCUT2D eigenvalue weighted by atomic mass is 10.1. The molecule has 5 nitrogen and oxygen atoms in total. The fraction of sp³-hybridized carbons (Fsp3) is 0.600. The van der Waals surface area contributed by atoms with E-state index in [4.69, 9.17) is 0 Å². The summed E-state index contributed by atoms with van der Waals surface area (Å²) in [5.74, 6) is 0.141. The first-order valence-electron chi connectivity index (χ1n) is 5.55. The first kappa shape index (κ1) is 14.0. The number of nitrogens with one attached hydrogen (secondary N) is 1. The zero-order valence-corrected chi connectivity index (χ0v) is 12.4. The lowest BCUT2D eigenvalue weighted by molar-refractivity contribution is 0.544. The van der Waals surface area contributed by atoms with Gasteiger partial charge in [0.25, 0.3) is 0 Å². The first-order chi connectivity index (χ1) is 8.28. The molecular formula is C10H15NO4S3. The van der Waals surface area contributed by atoms with Crippen LogP contribution in [0, 0.1) is 12.8 Å². The molecule has 2 heterocycles. The second kappa shape index (κ2) is 4.92. The van der Waals surface area contributed by atoms with Crippen molar-refractivity contribution < 1.29 is 16.8 Å². The first-order valence-corrected chi connectivity index (χ1v) is 9.67. The summed E-state index contributed by atoms with van der Waals surface area (Å²) in [6, 6.07) is 3.31. The molecule has 0 radical (unpaired) electrons. The molecule has 1 aromatic rings. The summed E-state index contributed by atoms with van der Waals surface area (Å²) in [6.45, 7) is 2.03. The van der Waals surface area contributed by atoms with Crippen LogP contribution < -0.4 is 4.72 Å². The normalized spacial score (nSPS) is 23.3.